The van der Waals surface area contributed by atoms with Crippen LogP contribution in [0.1, 0.15) is 65.2 Å². The zero-order valence-corrected chi connectivity index (χ0v) is 12.3. The van der Waals surface area contributed by atoms with Crippen molar-refractivity contribution in [2.24, 2.45) is 23.7 Å². The van der Waals surface area contributed by atoms with E-state index >= 15 is 0 Å². The van der Waals surface area contributed by atoms with Gasteiger partial charge in [-0.25, -0.2) is 0 Å². The third-order valence-electron chi connectivity index (χ3n) is 4.88. The molecule has 0 nitrogen and oxygen atoms in total. The predicted octanol–water partition coefficient (Wildman–Crippen LogP) is 5.44. The predicted molar refractivity (Wildman–Crippen MR) is 81.3 cm³/mol. The molecule has 0 aromatic carbocycles. The summed E-state index contributed by atoms with van der Waals surface area (Å²) in [6.07, 6.45) is 18.6. The molecule has 18 heavy (non-hydrogen) atoms. The van der Waals surface area contributed by atoms with Gasteiger partial charge in [0.05, 0.1) is 0 Å². The molecule has 2 aliphatic rings. The first kappa shape index (κ1) is 15.4. The van der Waals surface area contributed by atoms with Gasteiger partial charge in [0.1, 0.15) is 0 Å². The molecular weight excluding hydrogens is 216 g/mol. The molecular formula is C18H30. The molecule has 2 rings (SSSR count). The van der Waals surface area contributed by atoms with Gasteiger partial charge in [0.2, 0.25) is 0 Å². The largest absolute Gasteiger partial charge is 0.120 e. The fraction of sp³-hybridized carbons (Fsp3) is 0.778. The van der Waals surface area contributed by atoms with Gasteiger partial charge in [-0.05, 0) is 69.1 Å². The van der Waals surface area contributed by atoms with Gasteiger partial charge in [0.25, 0.3) is 0 Å². The molecule has 0 amide bonds. The van der Waals surface area contributed by atoms with Crippen molar-refractivity contribution in [3.63, 3.8) is 0 Å². The van der Waals surface area contributed by atoms with Gasteiger partial charge in [-0.2, -0.15) is 0 Å². The molecule has 0 heterocycles. The fourth-order valence-electron chi connectivity index (χ4n) is 3.61. The van der Waals surface area contributed by atoms with Crippen LogP contribution in [0.3, 0.4) is 0 Å². The van der Waals surface area contributed by atoms with Crippen LogP contribution in [0, 0.1) is 36.0 Å². The lowest BCUT2D eigenvalue weighted by molar-refractivity contribution is 0.160. The van der Waals surface area contributed by atoms with Crippen LogP contribution in [0.2, 0.25) is 0 Å². The third kappa shape index (κ3) is 4.89. The van der Waals surface area contributed by atoms with Gasteiger partial charge in [-0.3, -0.25) is 0 Å². The van der Waals surface area contributed by atoms with Gasteiger partial charge in [0, 0.05) is 0 Å². The fourth-order valence-corrected chi connectivity index (χ4v) is 3.61. The lowest BCUT2D eigenvalue weighted by Crippen LogP contribution is -2.24. The van der Waals surface area contributed by atoms with Crippen molar-refractivity contribution in [2.75, 3.05) is 0 Å². The number of rotatable bonds is 2. The Balaban J connectivity index is 0.000000492. The topological polar surface area (TPSA) is 0 Å². The number of hydrogen-bond acceptors (Lipinski definition) is 0. The van der Waals surface area contributed by atoms with Crippen LogP contribution < -0.4 is 0 Å². The second-order valence-electron chi connectivity index (χ2n) is 6.22. The molecule has 0 heteroatoms. The van der Waals surface area contributed by atoms with E-state index in [9.17, 15) is 0 Å². The molecule has 0 saturated heterocycles. The lowest BCUT2D eigenvalue weighted by atomic mass is 9.69. The molecule has 0 spiro atoms. The highest BCUT2D eigenvalue weighted by molar-refractivity contribution is 4.87. The summed E-state index contributed by atoms with van der Waals surface area (Å²) in [7, 11) is 0. The first-order chi connectivity index (χ1) is 8.71. The Hall–Kier alpha value is -0.700. The van der Waals surface area contributed by atoms with Crippen LogP contribution in [-0.2, 0) is 0 Å². The molecule has 0 N–H and O–H groups in total. The minimum atomic E-state index is 0.837. The summed E-state index contributed by atoms with van der Waals surface area (Å²) in [5.41, 5.74) is 0. The zero-order chi connectivity index (χ0) is 13.4. The first-order valence-corrected chi connectivity index (χ1v) is 7.71. The summed E-state index contributed by atoms with van der Waals surface area (Å²) in [6, 6.07) is 0. The van der Waals surface area contributed by atoms with E-state index in [4.69, 9.17) is 0 Å². The molecule has 0 radical (unpaired) electrons. The Morgan fingerprint density at radius 1 is 0.944 bits per heavy atom. The van der Waals surface area contributed by atoms with Crippen molar-refractivity contribution in [3.05, 3.63) is 12.7 Å². The van der Waals surface area contributed by atoms with E-state index in [2.05, 4.69) is 31.9 Å². The molecule has 0 aromatic rings. The maximum Gasteiger partial charge on any atom is -0.00297 e. The summed E-state index contributed by atoms with van der Waals surface area (Å²) in [5.74, 6) is 6.23. The number of terminal acetylenes is 1. The summed E-state index contributed by atoms with van der Waals surface area (Å²) in [5, 5.41) is 0. The minimum Gasteiger partial charge on any atom is -0.120 e. The smallest absolute Gasteiger partial charge is 0.00297 e. The highest BCUT2D eigenvalue weighted by atomic mass is 14.3. The first-order valence-electron chi connectivity index (χ1n) is 7.71. The average Bonchev–Trinajstić information content (AvgIpc) is 2.41. The normalized spacial score (nSPS) is 35.8. The van der Waals surface area contributed by atoms with E-state index in [0.29, 0.717) is 0 Å². The van der Waals surface area contributed by atoms with Crippen LogP contribution in [0.15, 0.2) is 12.7 Å². The van der Waals surface area contributed by atoms with Crippen molar-refractivity contribution in [1.82, 2.24) is 0 Å². The molecule has 0 atom stereocenters. The van der Waals surface area contributed by atoms with Crippen molar-refractivity contribution in [3.8, 4) is 12.3 Å². The van der Waals surface area contributed by atoms with Gasteiger partial charge < -0.3 is 0 Å². The molecule has 0 aromatic heterocycles. The Kier molecular flexibility index (Phi) is 7.18. The van der Waals surface area contributed by atoms with Crippen molar-refractivity contribution < 1.29 is 0 Å². The van der Waals surface area contributed by atoms with E-state index < -0.39 is 0 Å². The average molecular weight is 246 g/mol. The van der Waals surface area contributed by atoms with Crippen LogP contribution in [0.5, 0.6) is 0 Å². The van der Waals surface area contributed by atoms with Gasteiger partial charge in [0.15, 0.2) is 0 Å². The Labute approximate surface area is 114 Å². The molecule has 2 aliphatic carbocycles. The number of allylic oxidation sites excluding steroid dienone is 1. The van der Waals surface area contributed by atoms with Crippen molar-refractivity contribution in [1.29, 1.82) is 0 Å². The van der Waals surface area contributed by atoms with Crippen LogP contribution in [0.25, 0.3) is 0 Å². The molecule has 2 fully saturated rings. The van der Waals surface area contributed by atoms with Crippen LogP contribution >= 0.6 is 0 Å². The standard InChI is InChI=1S/C15H26.C3H4/c1-3-13-6-10-15(11-7-13)14-8-4-12(2)5-9-14;1-3-2/h3,12-15H,1,4-11H2,2H3;1H,2H3. The molecule has 102 valence electrons. The Bertz CT molecular complexity index is 254. The van der Waals surface area contributed by atoms with Crippen molar-refractivity contribution in [2.45, 2.75) is 65.2 Å². The highest BCUT2D eigenvalue weighted by Crippen LogP contribution is 2.41. The van der Waals surface area contributed by atoms with E-state index in [-0.39, 0.29) is 0 Å². The zero-order valence-electron chi connectivity index (χ0n) is 12.3. The molecule has 2 saturated carbocycles. The maximum atomic E-state index is 4.60. The monoisotopic (exact) mass is 246 g/mol. The highest BCUT2D eigenvalue weighted by Gasteiger charge is 2.28. The van der Waals surface area contributed by atoms with Crippen LogP contribution in [0.4, 0.5) is 0 Å². The third-order valence-corrected chi connectivity index (χ3v) is 4.88. The quantitative estimate of drug-likeness (QED) is 0.449. The summed E-state index contributed by atoms with van der Waals surface area (Å²) >= 11 is 0. The lowest BCUT2D eigenvalue weighted by Gasteiger charge is -2.36. The molecule has 0 bridgehead atoms. The van der Waals surface area contributed by atoms with Gasteiger partial charge in [-0.15, -0.1) is 18.9 Å². The number of hydrogen-bond donors (Lipinski definition) is 0. The maximum absolute atomic E-state index is 4.60. The Morgan fingerprint density at radius 2 is 1.33 bits per heavy atom. The van der Waals surface area contributed by atoms with Gasteiger partial charge >= 0.3 is 0 Å². The van der Waals surface area contributed by atoms with E-state index in [1.54, 1.807) is 6.92 Å². The SMILES string of the molecule is C#CC.C=CC1CCC(C2CCC(C)CC2)CC1. The van der Waals surface area contributed by atoms with E-state index in [1.165, 1.54) is 51.4 Å². The Morgan fingerprint density at radius 3 is 1.72 bits per heavy atom. The van der Waals surface area contributed by atoms with Gasteiger partial charge in [-0.1, -0.05) is 25.8 Å². The van der Waals surface area contributed by atoms with Crippen molar-refractivity contribution >= 4 is 0 Å². The van der Waals surface area contributed by atoms with Crippen LogP contribution in [-0.4, -0.2) is 0 Å². The van der Waals surface area contributed by atoms with E-state index in [0.717, 1.165) is 23.7 Å². The minimum absolute atomic E-state index is 0.837. The second kappa shape index (κ2) is 8.41. The molecule has 0 aliphatic heterocycles. The summed E-state index contributed by atoms with van der Waals surface area (Å²) in [4.78, 5) is 0. The van der Waals surface area contributed by atoms with E-state index in [1.807, 2.05) is 0 Å². The second-order valence-corrected chi connectivity index (χ2v) is 6.22. The summed E-state index contributed by atoms with van der Waals surface area (Å²) in [6.45, 7) is 8.01. The summed E-state index contributed by atoms with van der Waals surface area (Å²) < 4.78 is 0. The molecule has 0 unspecified atom stereocenters.